The molecule has 2 atom stereocenters. The summed E-state index contributed by atoms with van der Waals surface area (Å²) >= 11 is 0. The van der Waals surface area contributed by atoms with Gasteiger partial charge in [0, 0.05) is 31.5 Å². The minimum atomic E-state index is 0.926. The van der Waals surface area contributed by atoms with Crippen LogP contribution in [0, 0.1) is 5.92 Å². The average Bonchev–Trinajstić information content (AvgIpc) is 2.69. The molecular weight excluding hydrogens is 160 g/mol. The van der Waals surface area contributed by atoms with Gasteiger partial charge < -0.3 is 4.98 Å². The topological polar surface area (TPSA) is 19.0 Å². The van der Waals surface area contributed by atoms with Crippen LogP contribution in [0.4, 0.5) is 0 Å². The van der Waals surface area contributed by atoms with Crippen LogP contribution in [0.25, 0.3) is 0 Å². The van der Waals surface area contributed by atoms with E-state index in [1.807, 2.05) is 6.20 Å². The van der Waals surface area contributed by atoms with E-state index in [0.717, 1.165) is 18.5 Å². The maximum atomic E-state index is 3.12. The Morgan fingerprint density at radius 2 is 2.46 bits per heavy atom. The molecule has 13 heavy (non-hydrogen) atoms. The zero-order valence-electron chi connectivity index (χ0n) is 7.87. The van der Waals surface area contributed by atoms with E-state index in [-0.39, 0.29) is 0 Å². The van der Waals surface area contributed by atoms with Crippen LogP contribution in [0.1, 0.15) is 24.8 Å². The SMILES string of the molecule is c1cc(CN2CC3CCCC32)c[nH]1. The number of aromatic nitrogens is 1. The second-order valence-electron chi connectivity index (χ2n) is 4.41. The summed E-state index contributed by atoms with van der Waals surface area (Å²) in [5.41, 5.74) is 1.44. The molecule has 2 heteroatoms. The Labute approximate surface area is 78.9 Å². The second kappa shape index (κ2) is 2.88. The number of H-pyrrole nitrogens is 1. The Morgan fingerprint density at radius 3 is 3.23 bits per heavy atom. The predicted octanol–water partition coefficient (Wildman–Crippen LogP) is 2.00. The van der Waals surface area contributed by atoms with Crippen molar-refractivity contribution in [3.05, 3.63) is 24.0 Å². The predicted molar refractivity (Wildman–Crippen MR) is 52.3 cm³/mol. The fourth-order valence-corrected chi connectivity index (χ4v) is 2.88. The molecule has 1 aromatic rings. The first kappa shape index (κ1) is 7.63. The number of fused-ring (bicyclic) bond motifs is 1. The van der Waals surface area contributed by atoms with E-state index in [4.69, 9.17) is 0 Å². The lowest BCUT2D eigenvalue weighted by Crippen LogP contribution is -2.52. The van der Waals surface area contributed by atoms with Crippen molar-refractivity contribution in [1.82, 2.24) is 9.88 Å². The van der Waals surface area contributed by atoms with Gasteiger partial charge in [-0.1, -0.05) is 6.42 Å². The molecule has 70 valence electrons. The molecule has 0 amide bonds. The Morgan fingerprint density at radius 1 is 1.46 bits per heavy atom. The van der Waals surface area contributed by atoms with Crippen molar-refractivity contribution >= 4 is 0 Å². The van der Waals surface area contributed by atoms with Gasteiger partial charge in [0.05, 0.1) is 0 Å². The van der Waals surface area contributed by atoms with Gasteiger partial charge in [0.15, 0.2) is 0 Å². The maximum absolute atomic E-state index is 3.12. The third-order valence-corrected chi connectivity index (χ3v) is 3.61. The quantitative estimate of drug-likeness (QED) is 0.730. The molecule has 1 aliphatic heterocycles. The molecule has 2 heterocycles. The number of hydrogen-bond acceptors (Lipinski definition) is 1. The highest BCUT2D eigenvalue weighted by atomic mass is 15.2. The third-order valence-electron chi connectivity index (χ3n) is 3.61. The van der Waals surface area contributed by atoms with Crippen molar-refractivity contribution in [2.75, 3.05) is 6.54 Å². The van der Waals surface area contributed by atoms with Crippen molar-refractivity contribution in [3.8, 4) is 0 Å². The fourth-order valence-electron chi connectivity index (χ4n) is 2.88. The summed E-state index contributed by atoms with van der Waals surface area (Å²) in [6.45, 7) is 2.50. The monoisotopic (exact) mass is 176 g/mol. The Bertz CT molecular complexity index is 278. The summed E-state index contributed by atoms with van der Waals surface area (Å²) in [6.07, 6.45) is 8.51. The lowest BCUT2D eigenvalue weighted by Gasteiger charge is -2.44. The van der Waals surface area contributed by atoms with E-state index in [9.17, 15) is 0 Å². The van der Waals surface area contributed by atoms with Gasteiger partial charge in [-0.3, -0.25) is 4.90 Å². The average molecular weight is 176 g/mol. The largest absolute Gasteiger partial charge is 0.367 e. The van der Waals surface area contributed by atoms with Gasteiger partial charge in [-0.2, -0.15) is 0 Å². The van der Waals surface area contributed by atoms with Crippen LogP contribution in [0.2, 0.25) is 0 Å². The highest BCUT2D eigenvalue weighted by Gasteiger charge is 2.41. The number of nitrogens with one attached hydrogen (secondary N) is 1. The zero-order chi connectivity index (χ0) is 8.67. The summed E-state index contributed by atoms with van der Waals surface area (Å²) in [7, 11) is 0. The molecule has 0 bridgehead atoms. The molecular formula is C11H16N2. The van der Waals surface area contributed by atoms with E-state index < -0.39 is 0 Å². The van der Waals surface area contributed by atoms with Crippen LogP contribution < -0.4 is 0 Å². The number of rotatable bonds is 2. The van der Waals surface area contributed by atoms with E-state index >= 15 is 0 Å². The molecule has 0 spiro atoms. The standard InChI is InChI=1S/C11H16N2/c1-2-10-8-13(11(10)3-1)7-9-4-5-12-6-9/h4-6,10-12H,1-3,7-8H2. The number of nitrogens with zero attached hydrogens (tertiary/aromatic N) is 1. The van der Waals surface area contributed by atoms with Gasteiger partial charge in [0.2, 0.25) is 0 Å². The second-order valence-corrected chi connectivity index (χ2v) is 4.41. The van der Waals surface area contributed by atoms with E-state index in [1.54, 1.807) is 0 Å². The fraction of sp³-hybridized carbons (Fsp3) is 0.636. The molecule has 1 saturated heterocycles. The summed E-state index contributed by atoms with van der Waals surface area (Å²) in [5.74, 6) is 1.04. The van der Waals surface area contributed by atoms with Crippen LogP contribution in [0.5, 0.6) is 0 Å². The van der Waals surface area contributed by atoms with E-state index in [0.29, 0.717) is 0 Å². The minimum absolute atomic E-state index is 0.926. The van der Waals surface area contributed by atoms with Crippen LogP contribution in [-0.4, -0.2) is 22.5 Å². The lowest BCUT2D eigenvalue weighted by molar-refractivity contribution is 0.0305. The molecule has 1 N–H and O–H groups in total. The minimum Gasteiger partial charge on any atom is -0.367 e. The first-order valence-electron chi connectivity index (χ1n) is 5.29. The van der Waals surface area contributed by atoms with E-state index in [2.05, 4.69) is 22.1 Å². The molecule has 1 saturated carbocycles. The Kier molecular flexibility index (Phi) is 1.69. The molecule has 2 nitrogen and oxygen atoms in total. The molecule has 2 aliphatic rings. The summed E-state index contributed by atoms with van der Waals surface area (Å²) in [4.78, 5) is 5.74. The van der Waals surface area contributed by atoms with Crippen molar-refractivity contribution in [2.24, 2.45) is 5.92 Å². The number of likely N-dealkylation sites (tertiary alicyclic amines) is 1. The van der Waals surface area contributed by atoms with Gasteiger partial charge in [-0.05, 0) is 30.4 Å². The molecule has 3 rings (SSSR count). The molecule has 0 aromatic carbocycles. The highest BCUT2D eigenvalue weighted by Crippen LogP contribution is 2.39. The molecule has 1 aliphatic carbocycles. The van der Waals surface area contributed by atoms with Gasteiger partial charge in [-0.15, -0.1) is 0 Å². The van der Waals surface area contributed by atoms with Crippen molar-refractivity contribution < 1.29 is 0 Å². The molecule has 0 radical (unpaired) electrons. The number of hydrogen-bond donors (Lipinski definition) is 1. The Balaban J connectivity index is 1.63. The van der Waals surface area contributed by atoms with Gasteiger partial charge in [0.25, 0.3) is 0 Å². The molecule has 2 fully saturated rings. The zero-order valence-corrected chi connectivity index (χ0v) is 7.87. The Hall–Kier alpha value is -0.760. The van der Waals surface area contributed by atoms with Gasteiger partial charge >= 0.3 is 0 Å². The normalized spacial score (nSPS) is 32.9. The van der Waals surface area contributed by atoms with Crippen LogP contribution >= 0.6 is 0 Å². The van der Waals surface area contributed by atoms with Crippen LogP contribution in [-0.2, 0) is 6.54 Å². The maximum Gasteiger partial charge on any atom is 0.0251 e. The van der Waals surface area contributed by atoms with Gasteiger partial charge in [-0.25, -0.2) is 0 Å². The van der Waals surface area contributed by atoms with Crippen LogP contribution in [0.15, 0.2) is 18.5 Å². The number of aromatic amines is 1. The molecule has 1 aromatic heterocycles. The molecule has 2 unspecified atom stereocenters. The van der Waals surface area contributed by atoms with Crippen molar-refractivity contribution in [1.29, 1.82) is 0 Å². The first-order valence-corrected chi connectivity index (χ1v) is 5.29. The summed E-state index contributed by atoms with van der Waals surface area (Å²) < 4.78 is 0. The summed E-state index contributed by atoms with van der Waals surface area (Å²) in [5, 5.41) is 0. The van der Waals surface area contributed by atoms with E-state index in [1.165, 1.54) is 31.4 Å². The highest BCUT2D eigenvalue weighted by molar-refractivity contribution is 5.10. The lowest BCUT2D eigenvalue weighted by atomic mass is 9.91. The van der Waals surface area contributed by atoms with Crippen molar-refractivity contribution in [3.63, 3.8) is 0 Å². The smallest absolute Gasteiger partial charge is 0.0251 e. The third kappa shape index (κ3) is 1.20. The van der Waals surface area contributed by atoms with Crippen molar-refractivity contribution in [2.45, 2.75) is 31.8 Å². The first-order chi connectivity index (χ1) is 6.43. The van der Waals surface area contributed by atoms with Gasteiger partial charge in [0.1, 0.15) is 0 Å². The summed E-state index contributed by atoms with van der Waals surface area (Å²) in [6, 6.07) is 3.11. The van der Waals surface area contributed by atoms with Crippen LogP contribution in [0.3, 0.4) is 0 Å².